The summed E-state index contributed by atoms with van der Waals surface area (Å²) in [6.07, 6.45) is 1.92. The highest BCUT2D eigenvalue weighted by atomic mass is 16.6. The van der Waals surface area contributed by atoms with Crippen LogP contribution in [0.3, 0.4) is 0 Å². The van der Waals surface area contributed by atoms with Crippen molar-refractivity contribution >= 4 is 6.09 Å². The van der Waals surface area contributed by atoms with E-state index in [1.54, 1.807) is 4.90 Å². The van der Waals surface area contributed by atoms with Gasteiger partial charge in [-0.05, 0) is 44.8 Å². The highest BCUT2D eigenvalue weighted by molar-refractivity contribution is 5.68. The minimum Gasteiger partial charge on any atom is -0.444 e. The first-order valence-electron chi connectivity index (χ1n) is 6.21. The molecule has 0 aliphatic carbocycles. The Morgan fingerprint density at radius 2 is 2.00 bits per heavy atom. The van der Waals surface area contributed by atoms with Crippen LogP contribution >= 0.6 is 0 Å². The number of hydrogen-bond donors (Lipinski definition) is 0. The van der Waals surface area contributed by atoms with E-state index in [-0.39, 0.29) is 6.09 Å². The Labute approximate surface area is 103 Å². The minimum absolute atomic E-state index is 0.199. The molecule has 0 radical (unpaired) electrons. The lowest BCUT2D eigenvalue weighted by molar-refractivity contribution is 0.0239. The molecule has 0 aromatic heterocycles. The number of likely N-dealkylation sites (tertiary alicyclic amines) is 1. The Morgan fingerprint density at radius 1 is 1.29 bits per heavy atom. The van der Waals surface area contributed by atoms with Crippen molar-refractivity contribution in [2.24, 2.45) is 0 Å². The lowest BCUT2D eigenvalue weighted by Gasteiger charge is -2.33. The van der Waals surface area contributed by atoms with E-state index in [2.05, 4.69) is 0 Å². The molecule has 1 amide bonds. The van der Waals surface area contributed by atoms with E-state index >= 15 is 0 Å². The second-order valence-electron chi connectivity index (χ2n) is 5.71. The van der Waals surface area contributed by atoms with E-state index in [0.29, 0.717) is 6.54 Å². The first-order chi connectivity index (χ1) is 7.96. The van der Waals surface area contributed by atoms with Gasteiger partial charge in [-0.25, -0.2) is 4.79 Å². The molecule has 2 aliphatic rings. The summed E-state index contributed by atoms with van der Waals surface area (Å²) in [6.45, 7) is 8.70. The third-order valence-electron chi connectivity index (χ3n) is 2.99. The van der Waals surface area contributed by atoms with Crippen molar-refractivity contribution in [3.63, 3.8) is 0 Å². The standard InChI is InChI=1S/C13H21NO3/c1-13(2,3)17-12(15)14-6-4-5-10(7-14)11-8-16-9-11/h4-9H2,1-3H3. The summed E-state index contributed by atoms with van der Waals surface area (Å²) in [5.41, 5.74) is 2.33. The molecular formula is C13H21NO3. The molecule has 0 aromatic rings. The third-order valence-corrected chi connectivity index (χ3v) is 2.99. The fourth-order valence-electron chi connectivity index (χ4n) is 2.05. The van der Waals surface area contributed by atoms with Crippen LogP contribution < -0.4 is 0 Å². The first kappa shape index (κ1) is 12.4. The summed E-state index contributed by atoms with van der Waals surface area (Å²) in [4.78, 5) is 13.7. The maximum atomic E-state index is 11.9. The molecule has 4 nitrogen and oxygen atoms in total. The van der Waals surface area contributed by atoms with Crippen molar-refractivity contribution in [2.45, 2.75) is 39.2 Å². The van der Waals surface area contributed by atoms with E-state index in [4.69, 9.17) is 9.47 Å². The number of piperidine rings is 1. The zero-order valence-corrected chi connectivity index (χ0v) is 10.9. The maximum Gasteiger partial charge on any atom is 0.410 e. The molecular weight excluding hydrogens is 218 g/mol. The van der Waals surface area contributed by atoms with Gasteiger partial charge in [-0.1, -0.05) is 0 Å². The van der Waals surface area contributed by atoms with Gasteiger partial charge in [0.25, 0.3) is 0 Å². The molecule has 0 aromatic carbocycles. The van der Waals surface area contributed by atoms with Crippen LogP contribution in [0.1, 0.15) is 33.6 Å². The lowest BCUT2D eigenvalue weighted by Crippen LogP contribution is -2.41. The van der Waals surface area contributed by atoms with Gasteiger partial charge in [0.15, 0.2) is 0 Å². The van der Waals surface area contributed by atoms with Crippen molar-refractivity contribution in [3.05, 3.63) is 11.1 Å². The van der Waals surface area contributed by atoms with Gasteiger partial charge in [-0.3, -0.25) is 0 Å². The smallest absolute Gasteiger partial charge is 0.410 e. The van der Waals surface area contributed by atoms with Crippen LogP contribution in [-0.2, 0) is 9.47 Å². The van der Waals surface area contributed by atoms with Crippen LogP contribution in [0.2, 0.25) is 0 Å². The van der Waals surface area contributed by atoms with Gasteiger partial charge in [0, 0.05) is 13.1 Å². The highest BCUT2D eigenvalue weighted by Gasteiger charge is 2.27. The number of hydrogen-bond acceptors (Lipinski definition) is 3. The van der Waals surface area contributed by atoms with Gasteiger partial charge in [-0.15, -0.1) is 0 Å². The Morgan fingerprint density at radius 3 is 2.53 bits per heavy atom. The molecule has 2 aliphatic heterocycles. The molecule has 0 unspecified atom stereocenters. The first-order valence-corrected chi connectivity index (χ1v) is 6.21. The number of carbonyl (C=O) groups is 1. The monoisotopic (exact) mass is 239 g/mol. The molecule has 0 spiro atoms. The highest BCUT2D eigenvalue weighted by Crippen LogP contribution is 2.24. The topological polar surface area (TPSA) is 38.8 Å². The summed E-state index contributed by atoms with van der Waals surface area (Å²) in [7, 11) is 0. The molecule has 0 saturated carbocycles. The van der Waals surface area contributed by atoms with Gasteiger partial charge < -0.3 is 14.4 Å². The predicted molar refractivity (Wildman–Crippen MR) is 64.9 cm³/mol. The maximum absolute atomic E-state index is 11.9. The number of amides is 1. The number of carbonyl (C=O) groups excluding carboxylic acids is 1. The average molecular weight is 239 g/mol. The molecule has 0 N–H and O–H groups in total. The lowest BCUT2D eigenvalue weighted by atomic mass is 9.98. The Kier molecular flexibility index (Phi) is 3.43. The second-order valence-corrected chi connectivity index (χ2v) is 5.71. The van der Waals surface area contributed by atoms with Crippen molar-refractivity contribution in [1.82, 2.24) is 4.90 Å². The fraction of sp³-hybridized carbons (Fsp3) is 0.769. The quantitative estimate of drug-likeness (QED) is 0.609. The van der Waals surface area contributed by atoms with E-state index < -0.39 is 5.60 Å². The second kappa shape index (κ2) is 4.69. The molecule has 96 valence electrons. The summed E-state index contributed by atoms with van der Waals surface area (Å²) in [5.74, 6) is 0. The summed E-state index contributed by atoms with van der Waals surface area (Å²) in [5, 5.41) is 0. The summed E-state index contributed by atoms with van der Waals surface area (Å²) >= 11 is 0. The normalized spacial score (nSPS) is 21.2. The van der Waals surface area contributed by atoms with E-state index in [1.807, 2.05) is 20.8 Å². The van der Waals surface area contributed by atoms with Crippen LogP contribution in [0.5, 0.6) is 0 Å². The molecule has 2 heterocycles. The molecule has 17 heavy (non-hydrogen) atoms. The Balaban J connectivity index is 1.95. The SMILES string of the molecule is CC(C)(C)OC(=O)N1CCCC(=C2COC2)C1. The van der Waals surface area contributed by atoms with Crippen molar-refractivity contribution in [2.75, 3.05) is 26.3 Å². The molecule has 2 fully saturated rings. The van der Waals surface area contributed by atoms with Crippen LogP contribution in [-0.4, -0.2) is 42.9 Å². The number of rotatable bonds is 0. The van der Waals surface area contributed by atoms with Gasteiger partial charge in [0.05, 0.1) is 13.2 Å². The zero-order valence-electron chi connectivity index (χ0n) is 10.9. The Hall–Kier alpha value is -1.03. The molecule has 4 heteroatoms. The van der Waals surface area contributed by atoms with Crippen molar-refractivity contribution in [1.29, 1.82) is 0 Å². The average Bonchev–Trinajstić information content (AvgIpc) is 2.12. The van der Waals surface area contributed by atoms with Crippen molar-refractivity contribution < 1.29 is 14.3 Å². The summed E-state index contributed by atoms with van der Waals surface area (Å²) in [6, 6.07) is 0. The van der Waals surface area contributed by atoms with Gasteiger partial charge in [-0.2, -0.15) is 0 Å². The fourth-order valence-corrected chi connectivity index (χ4v) is 2.05. The van der Waals surface area contributed by atoms with Crippen LogP contribution in [0.4, 0.5) is 4.79 Å². The summed E-state index contributed by atoms with van der Waals surface area (Å²) < 4.78 is 10.6. The largest absolute Gasteiger partial charge is 0.444 e. The molecule has 0 atom stereocenters. The van der Waals surface area contributed by atoms with E-state index in [0.717, 1.165) is 32.6 Å². The van der Waals surface area contributed by atoms with Gasteiger partial charge in [0.2, 0.25) is 0 Å². The van der Waals surface area contributed by atoms with Gasteiger partial charge in [0.1, 0.15) is 5.60 Å². The van der Waals surface area contributed by atoms with E-state index in [9.17, 15) is 4.79 Å². The molecule has 2 rings (SSSR count). The number of nitrogens with zero attached hydrogens (tertiary/aromatic N) is 1. The van der Waals surface area contributed by atoms with E-state index in [1.165, 1.54) is 11.1 Å². The zero-order chi connectivity index (χ0) is 12.5. The minimum atomic E-state index is -0.415. The van der Waals surface area contributed by atoms with Crippen molar-refractivity contribution in [3.8, 4) is 0 Å². The van der Waals surface area contributed by atoms with Gasteiger partial charge >= 0.3 is 6.09 Å². The third kappa shape index (κ3) is 3.22. The van der Waals surface area contributed by atoms with Crippen LogP contribution in [0, 0.1) is 0 Å². The molecule has 2 saturated heterocycles. The van der Waals surface area contributed by atoms with Crippen LogP contribution in [0.15, 0.2) is 11.1 Å². The Bertz CT molecular complexity index is 335. The van der Waals surface area contributed by atoms with Crippen LogP contribution in [0.25, 0.3) is 0 Å². The molecule has 0 bridgehead atoms. The predicted octanol–water partition coefficient (Wildman–Crippen LogP) is 2.34. The number of ether oxygens (including phenoxy) is 2.